The average Bonchev–Trinajstić information content (AvgIpc) is 3.45. The van der Waals surface area contributed by atoms with Crippen LogP contribution in [-0.2, 0) is 25.7 Å². The standard InChI is InChI=1S/C32H42N2O7/c1-8-20(16-22(30(37)39-32(5,6)7)29(36)38-18-19-12-10-9-11-13-19)26-25(21-14-15-21)27(41-34-26)23-17-24(40-33-23)28(35)31(2,3)4/h9-13,17,20-22,28,35H,8,14-16,18H2,1-7H3/t20?,22-,28?/m1/s1. The van der Waals surface area contributed by atoms with Crippen LogP contribution in [0.4, 0.5) is 0 Å². The number of carbonyl (C=O) groups is 2. The minimum atomic E-state index is -1.13. The molecule has 0 saturated heterocycles. The van der Waals surface area contributed by atoms with Gasteiger partial charge in [-0.25, -0.2) is 0 Å². The molecule has 1 aliphatic rings. The molecule has 1 aromatic carbocycles. The lowest BCUT2D eigenvalue weighted by Gasteiger charge is -2.25. The number of rotatable bonds is 11. The molecule has 4 rings (SSSR count). The zero-order valence-corrected chi connectivity index (χ0v) is 25.1. The van der Waals surface area contributed by atoms with Crippen LogP contribution in [0.5, 0.6) is 0 Å². The van der Waals surface area contributed by atoms with E-state index >= 15 is 0 Å². The van der Waals surface area contributed by atoms with Crippen LogP contribution < -0.4 is 0 Å². The summed E-state index contributed by atoms with van der Waals surface area (Å²) in [4.78, 5) is 26.6. The van der Waals surface area contributed by atoms with Crippen molar-refractivity contribution in [3.8, 4) is 11.5 Å². The van der Waals surface area contributed by atoms with Crippen LogP contribution in [-0.4, -0.2) is 33.0 Å². The minimum Gasteiger partial charge on any atom is -0.460 e. The number of hydrogen-bond acceptors (Lipinski definition) is 9. The van der Waals surface area contributed by atoms with E-state index in [1.54, 1.807) is 26.8 Å². The summed E-state index contributed by atoms with van der Waals surface area (Å²) in [5.41, 5.74) is 1.72. The first-order valence-corrected chi connectivity index (χ1v) is 14.4. The Labute approximate surface area is 241 Å². The van der Waals surface area contributed by atoms with Crippen molar-refractivity contribution in [2.75, 3.05) is 0 Å². The van der Waals surface area contributed by atoms with Crippen molar-refractivity contribution in [3.05, 3.63) is 59.0 Å². The van der Waals surface area contributed by atoms with E-state index in [2.05, 4.69) is 10.3 Å². The molecule has 41 heavy (non-hydrogen) atoms. The summed E-state index contributed by atoms with van der Waals surface area (Å²) >= 11 is 0. The number of benzene rings is 1. The van der Waals surface area contributed by atoms with Gasteiger partial charge in [-0.2, -0.15) is 0 Å². The maximum absolute atomic E-state index is 13.3. The van der Waals surface area contributed by atoms with E-state index in [-0.39, 0.29) is 24.9 Å². The third-order valence-corrected chi connectivity index (χ3v) is 7.19. The molecule has 222 valence electrons. The summed E-state index contributed by atoms with van der Waals surface area (Å²) in [6.45, 7) is 13.1. The number of ether oxygens (including phenoxy) is 2. The van der Waals surface area contributed by atoms with Crippen molar-refractivity contribution < 1.29 is 33.2 Å². The SMILES string of the molecule is CCC(C[C@H](C(=O)OCc1ccccc1)C(=O)OC(C)(C)C)c1noc(-c2cc(C(O)C(C)(C)C)on2)c1C1CC1. The average molecular weight is 567 g/mol. The van der Waals surface area contributed by atoms with Crippen LogP contribution in [0.2, 0.25) is 0 Å². The highest BCUT2D eigenvalue weighted by Gasteiger charge is 2.40. The van der Waals surface area contributed by atoms with Gasteiger partial charge in [-0.1, -0.05) is 68.3 Å². The minimum absolute atomic E-state index is 0.0616. The molecule has 0 aliphatic heterocycles. The lowest BCUT2D eigenvalue weighted by Crippen LogP contribution is -2.34. The van der Waals surface area contributed by atoms with Gasteiger partial charge in [0.15, 0.2) is 23.1 Å². The molecule has 1 aliphatic carbocycles. The van der Waals surface area contributed by atoms with Crippen LogP contribution >= 0.6 is 0 Å². The number of hydrogen-bond donors (Lipinski definition) is 1. The molecule has 0 spiro atoms. The molecule has 9 nitrogen and oxygen atoms in total. The van der Waals surface area contributed by atoms with E-state index in [1.165, 1.54) is 0 Å². The Hall–Kier alpha value is -3.46. The highest BCUT2D eigenvalue weighted by molar-refractivity contribution is 5.95. The molecule has 1 N–H and O–H groups in total. The highest BCUT2D eigenvalue weighted by atomic mass is 16.6. The summed E-state index contributed by atoms with van der Waals surface area (Å²) in [6, 6.07) is 11.0. The predicted molar refractivity (Wildman–Crippen MR) is 152 cm³/mol. The molecule has 3 aromatic rings. The molecular formula is C32H42N2O7. The van der Waals surface area contributed by atoms with Crippen LogP contribution in [0.25, 0.3) is 11.5 Å². The summed E-state index contributed by atoms with van der Waals surface area (Å²) < 4.78 is 22.6. The van der Waals surface area contributed by atoms with Crippen molar-refractivity contribution in [3.63, 3.8) is 0 Å². The second kappa shape index (κ2) is 12.2. The Morgan fingerprint density at radius 2 is 1.71 bits per heavy atom. The largest absolute Gasteiger partial charge is 0.460 e. The molecule has 1 fully saturated rings. The fourth-order valence-corrected chi connectivity index (χ4v) is 4.75. The molecule has 0 radical (unpaired) electrons. The molecule has 2 aromatic heterocycles. The number of aliphatic hydroxyl groups excluding tert-OH is 1. The predicted octanol–water partition coefficient (Wildman–Crippen LogP) is 6.87. The van der Waals surface area contributed by atoms with Crippen LogP contribution in [0.15, 0.2) is 45.4 Å². The lowest BCUT2D eigenvalue weighted by atomic mass is 9.86. The Kier molecular flexibility index (Phi) is 9.07. The van der Waals surface area contributed by atoms with Crippen LogP contribution in [0, 0.1) is 11.3 Å². The Balaban J connectivity index is 1.61. The van der Waals surface area contributed by atoms with Crippen molar-refractivity contribution >= 4 is 11.9 Å². The topological polar surface area (TPSA) is 125 Å². The van der Waals surface area contributed by atoms with E-state index < -0.39 is 35.0 Å². The Bertz CT molecular complexity index is 1330. The summed E-state index contributed by atoms with van der Waals surface area (Å²) in [5.74, 6) is -1.56. The first-order valence-electron chi connectivity index (χ1n) is 14.4. The number of esters is 2. The van der Waals surface area contributed by atoms with E-state index in [4.69, 9.17) is 18.5 Å². The Morgan fingerprint density at radius 3 is 2.29 bits per heavy atom. The molecular weight excluding hydrogens is 524 g/mol. The fraction of sp³-hybridized carbons (Fsp3) is 0.562. The molecule has 0 bridgehead atoms. The maximum atomic E-state index is 13.3. The van der Waals surface area contributed by atoms with E-state index in [0.29, 0.717) is 29.3 Å². The summed E-state index contributed by atoms with van der Waals surface area (Å²) in [6.07, 6.45) is 1.89. The summed E-state index contributed by atoms with van der Waals surface area (Å²) in [7, 11) is 0. The first kappa shape index (κ1) is 30.5. The van der Waals surface area contributed by atoms with Gasteiger partial charge in [0.1, 0.15) is 18.3 Å². The fourth-order valence-electron chi connectivity index (χ4n) is 4.75. The number of nitrogens with zero attached hydrogens (tertiary/aromatic N) is 2. The van der Waals surface area contributed by atoms with Gasteiger partial charge in [0.25, 0.3) is 0 Å². The summed E-state index contributed by atoms with van der Waals surface area (Å²) in [5, 5.41) is 19.3. The van der Waals surface area contributed by atoms with E-state index in [1.807, 2.05) is 58.0 Å². The van der Waals surface area contributed by atoms with Gasteiger partial charge in [0.05, 0.1) is 5.69 Å². The maximum Gasteiger partial charge on any atom is 0.320 e. The van der Waals surface area contributed by atoms with Gasteiger partial charge in [-0.05, 0) is 63.4 Å². The lowest BCUT2D eigenvalue weighted by molar-refractivity contribution is -0.170. The van der Waals surface area contributed by atoms with Crippen molar-refractivity contribution in [2.24, 2.45) is 11.3 Å². The number of aliphatic hydroxyl groups is 1. The van der Waals surface area contributed by atoms with E-state index in [9.17, 15) is 14.7 Å². The third kappa shape index (κ3) is 7.64. The second-order valence-electron chi connectivity index (χ2n) is 13.0. The first-order chi connectivity index (χ1) is 19.3. The van der Waals surface area contributed by atoms with Crippen molar-refractivity contribution in [1.82, 2.24) is 10.3 Å². The number of aromatic nitrogens is 2. The number of carbonyl (C=O) groups excluding carboxylic acids is 2. The molecule has 9 heteroatoms. The van der Waals surface area contributed by atoms with Crippen LogP contribution in [0.1, 0.15) is 115 Å². The quantitative estimate of drug-likeness (QED) is 0.195. The monoisotopic (exact) mass is 566 g/mol. The van der Waals surface area contributed by atoms with Crippen LogP contribution in [0.3, 0.4) is 0 Å². The molecule has 2 unspecified atom stereocenters. The van der Waals surface area contributed by atoms with Crippen molar-refractivity contribution in [1.29, 1.82) is 0 Å². The van der Waals surface area contributed by atoms with E-state index in [0.717, 1.165) is 24.0 Å². The molecule has 3 atom stereocenters. The van der Waals surface area contributed by atoms with Gasteiger partial charge in [-0.15, -0.1) is 0 Å². The third-order valence-electron chi connectivity index (χ3n) is 7.19. The Morgan fingerprint density at radius 1 is 1.02 bits per heavy atom. The second-order valence-corrected chi connectivity index (χ2v) is 13.0. The molecule has 0 amide bonds. The highest BCUT2D eigenvalue weighted by Crippen LogP contribution is 2.49. The normalized spacial score (nSPS) is 16.2. The zero-order valence-electron chi connectivity index (χ0n) is 25.1. The smallest absolute Gasteiger partial charge is 0.320 e. The molecule has 1 saturated carbocycles. The van der Waals surface area contributed by atoms with Gasteiger partial charge >= 0.3 is 11.9 Å². The van der Waals surface area contributed by atoms with Gasteiger partial charge in [0.2, 0.25) is 0 Å². The van der Waals surface area contributed by atoms with Gasteiger partial charge in [-0.3, -0.25) is 9.59 Å². The van der Waals surface area contributed by atoms with Crippen molar-refractivity contribution in [2.45, 2.75) is 104 Å². The zero-order chi connectivity index (χ0) is 29.9. The van der Waals surface area contributed by atoms with Gasteiger partial charge < -0.3 is 23.6 Å². The van der Waals surface area contributed by atoms with Gasteiger partial charge in [0, 0.05) is 17.5 Å². The molecule has 2 heterocycles.